The average Bonchev–Trinajstić information content (AvgIpc) is 2.94. The van der Waals surface area contributed by atoms with E-state index in [0.29, 0.717) is 29.9 Å². The summed E-state index contributed by atoms with van der Waals surface area (Å²) in [5.74, 6) is 0.533. The van der Waals surface area contributed by atoms with E-state index < -0.39 is 0 Å². The number of nitrogens with zero attached hydrogens (tertiary/aromatic N) is 1. The van der Waals surface area contributed by atoms with E-state index in [9.17, 15) is 4.79 Å². The topological polar surface area (TPSA) is 78.0 Å². The van der Waals surface area contributed by atoms with E-state index in [4.69, 9.17) is 10.1 Å². The largest absolute Gasteiger partial charge is 0.396 e. The molecule has 1 aliphatic rings. The minimum Gasteiger partial charge on any atom is -0.396 e. The molecule has 2 aromatic rings. The SMILES string of the molecule is CC(C)(C)C1CCc2nc3c(C(=O)NCCCO)c[nH]c3cc2C1. The molecule has 3 N–H and O–H groups in total. The Kier molecular flexibility index (Phi) is 4.63. The van der Waals surface area contributed by atoms with Crippen molar-refractivity contribution in [2.24, 2.45) is 11.3 Å². The first-order valence-corrected chi connectivity index (χ1v) is 8.79. The fraction of sp³-hybridized carbons (Fsp3) is 0.579. The average molecular weight is 329 g/mol. The highest BCUT2D eigenvalue weighted by Gasteiger charge is 2.30. The van der Waals surface area contributed by atoms with E-state index in [1.807, 2.05) is 0 Å². The molecule has 1 aliphatic carbocycles. The van der Waals surface area contributed by atoms with Crippen molar-refractivity contribution in [2.75, 3.05) is 13.2 Å². The predicted molar refractivity (Wildman–Crippen MR) is 95.1 cm³/mol. The maximum Gasteiger partial charge on any atom is 0.255 e. The second-order valence-corrected chi connectivity index (χ2v) is 7.83. The van der Waals surface area contributed by atoms with E-state index >= 15 is 0 Å². The molecule has 0 aromatic carbocycles. The summed E-state index contributed by atoms with van der Waals surface area (Å²) in [5.41, 5.74) is 5.01. The number of amides is 1. The summed E-state index contributed by atoms with van der Waals surface area (Å²) < 4.78 is 0. The Morgan fingerprint density at radius 2 is 2.25 bits per heavy atom. The van der Waals surface area contributed by atoms with Crippen molar-refractivity contribution in [3.8, 4) is 0 Å². The van der Waals surface area contributed by atoms with Crippen LogP contribution in [0.1, 0.15) is 55.2 Å². The molecule has 2 aromatic heterocycles. The molecule has 0 saturated heterocycles. The Morgan fingerprint density at radius 3 is 2.96 bits per heavy atom. The van der Waals surface area contributed by atoms with Gasteiger partial charge in [0.15, 0.2) is 0 Å². The van der Waals surface area contributed by atoms with Crippen molar-refractivity contribution in [1.29, 1.82) is 0 Å². The van der Waals surface area contributed by atoms with Crippen LogP contribution in [0.2, 0.25) is 0 Å². The number of fused-ring (bicyclic) bond motifs is 2. The van der Waals surface area contributed by atoms with Crippen molar-refractivity contribution in [1.82, 2.24) is 15.3 Å². The Morgan fingerprint density at radius 1 is 1.46 bits per heavy atom. The number of aliphatic hydroxyl groups is 1. The highest BCUT2D eigenvalue weighted by atomic mass is 16.3. The van der Waals surface area contributed by atoms with Crippen LogP contribution in [0.4, 0.5) is 0 Å². The summed E-state index contributed by atoms with van der Waals surface area (Å²) in [6, 6.07) is 2.17. The number of aromatic nitrogens is 2. The van der Waals surface area contributed by atoms with Gasteiger partial charge in [-0.15, -0.1) is 0 Å². The van der Waals surface area contributed by atoms with E-state index in [0.717, 1.165) is 36.0 Å². The van der Waals surface area contributed by atoms with Gasteiger partial charge in [0.05, 0.1) is 11.1 Å². The third kappa shape index (κ3) is 3.31. The number of aryl methyl sites for hydroxylation is 1. The molecule has 2 heterocycles. The van der Waals surface area contributed by atoms with Crippen LogP contribution in [-0.2, 0) is 12.8 Å². The normalized spacial score (nSPS) is 17.8. The zero-order valence-electron chi connectivity index (χ0n) is 14.8. The molecule has 0 radical (unpaired) electrons. The zero-order chi connectivity index (χ0) is 17.3. The molecule has 5 nitrogen and oxygen atoms in total. The van der Waals surface area contributed by atoms with Crippen LogP contribution in [0.25, 0.3) is 11.0 Å². The van der Waals surface area contributed by atoms with Gasteiger partial charge in [0.2, 0.25) is 0 Å². The monoisotopic (exact) mass is 329 g/mol. The van der Waals surface area contributed by atoms with Crippen molar-refractivity contribution in [2.45, 2.75) is 46.5 Å². The lowest BCUT2D eigenvalue weighted by atomic mass is 9.71. The lowest BCUT2D eigenvalue weighted by molar-refractivity contribution is 0.0952. The molecule has 1 amide bonds. The Labute approximate surface area is 142 Å². The Bertz CT molecular complexity index is 743. The van der Waals surface area contributed by atoms with Gasteiger partial charge in [-0.2, -0.15) is 0 Å². The summed E-state index contributed by atoms with van der Waals surface area (Å²) in [6.45, 7) is 7.46. The molecule has 0 saturated carbocycles. The summed E-state index contributed by atoms with van der Waals surface area (Å²) in [5, 5.41) is 11.6. The second kappa shape index (κ2) is 6.55. The van der Waals surface area contributed by atoms with Gasteiger partial charge in [0.25, 0.3) is 5.91 Å². The molecular formula is C19H27N3O2. The van der Waals surface area contributed by atoms with E-state index in [-0.39, 0.29) is 12.5 Å². The molecule has 5 heteroatoms. The van der Waals surface area contributed by atoms with Crippen molar-refractivity contribution in [3.05, 3.63) is 29.1 Å². The highest BCUT2D eigenvalue weighted by Crippen LogP contribution is 2.37. The van der Waals surface area contributed by atoms with Crippen molar-refractivity contribution < 1.29 is 9.90 Å². The van der Waals surface area contributed by atoms with Crippen LogP contribution in [0, 0.1) is 11.3 Å². The quantitative estimate of drug-likeness (QED) is 0.755. The number of hydrogen-bond donors (Lipinski definition) is 3. The van der Waals surface area contributed by atoms with Gasteiger partial charge in [-0.3, -0.25) is 9.78 Å². The van der Waals surface area contributed by atoms with Gasteiger partial charge in [0.1, 0.15) is 5.52 Å². The molecule has 1 atom stereocenters. The Balaban J connectivity index is 1.86. The van der Waals surface area contributed by atoms with Gasteiger partial charge in [-0.1, -0.05) is 20.8 Å². The number of carbonyl (C=O) groups excluding carboxylic acids is 1. The molecule has 0 aliphatic heterocycles. The molecule has 0 fully saturated rings. The van der Waals surface area contributed by atoms with Crippen molar-refractivity contribution >= 4 is 16.9 Å². The van der Waals surface area contributed by atoms with Gasteiger partial charge in [-0.25, -0.2) is 0 Å². The lowest BCUT2D eigenvalue weighted by Gasteiger charge is -2.34. The van der Waals surface area contributed by atoms with Crippen LogP contribution in [0.15, 0.2) is 12.3 Å². The maximum atomic E-state index is 12.3. The number of hydrogen-bond acceptors (Lipinski definition) is 3. The van der Waals surface area contributed by atoms with Gasteiger partial charge in [-0.05, 0) is 48.6 Å². The number of rotatable bonds is 4. The minimum absolute atomic E-state index is 0.0782. The van der Waals surface area contributed by atoms with E-state index in [1.165, 1.54) is 5.56 Å². The van der Waals surface area contributed by atoms with E-state index in [1.54, 1.807) is 6.20 Å². The highest BCUT2D eigenvalue weighted by molar-refractivity contribution is 6.05. The molecule has 24 heavy (non-hydrogen) atoms. The predicted octanol–water partition coefficient (Wildman–Crippen LogP) is 2.83. The van der Waals surface area contributed by atoms with Crippen LogP contribution >= 0.6 is 0 Å². The summed E-state index contributed by atoms with van der Waals surface area (Å²) in [6.07, 6.45) is 5.48. The van der Waals surface area contributed by atoms with Crippen molar-refractivity contribution in [3.63, 3.8) is 0 Å². The molecule has 130 valence electrons. The fourth-order valence-electron chi connectivity index (χ4n) is 3.49. The first-order valence-electron chi connectivity index (χ1n) is 8.79. The third-order valence-corrected chi connectivity index (χ3v) is 5.10. The summed E-state index contributed by atoms with van der Waals surface area (Å²) >= 11 is 0. The first-order chi connectivity index (χ1) is 11.4. The molecule has 1 unspecified atom stereocenters. The Hall–Kier alpha value is -1.88. The van der Waals surface area contributed by atoms with Crippen LogP contribution < -0.4 is 5.32 Å². The minimum atomic E-state index is -0.134. The molecular weight excluding hydrogens is 302 g/mol. The van der Waals surface area contributed by atoms with Crippen LogP contribution in [0.5, 0.6) is 0 Å². The lowest BCUT2D eigenvalue weighted by Crippen LogP contribution is -2.27. The molecule has 0 spiro atoms. The molecule has 0 bridgehead atoms. The summed E-state index contributed by atoms with van der Waals surface area (Å²) in [7, 11) is 0. The van der Waals surface area contributed by atoms with E-state index in [2.05, 4.69) is 37.1 Å². The third-order valence-electron chi connectivity index (χ3n) is 5.10. The van der Waals surface area contributed by atoms with Crippen LogP contribution in [-0.4, -0.2) is 34.1 Å². The second-order valence-electron chi connectivity index (χ2n) is 7.83. The number of carbonyl (C=O) groups is 1. The fourth-order valence-corrected chi connectivity index (χ4v) is 3.49. The summed E-state index contributed by atoms with van der Waals surface area (Å²) in [4.78, 5) is 20.3. The number of aromatic amines is 1. The first kappa shape index (κ1) is 17.0. The van der Waals surface area contributed by atoms with Crippen LogP contribution in [0.3, 0.4) is 0 Å². The molecule has 3 rings (SSSR count). The zero-order valence-corrected chi connectivity index (χ0v) is 14.8. The number of pyridine rings is 1. The number of aliphatic hydroxyl groups excluding tert-OH is 1. The van der Waals surface area contributed by atoms with Gasteiger partial charge in [0, 0.05) is 25.0 Å². The van der Waals surface area contributed by atoms with Gasteiger partial charge >= 0.3 is 0 Å². The standard InChI is InChI=1S/C19H27N3O2/c1-19(2,3)13-5-6-15-12(9-13)10-16-17(22-15)14(11-21-16)18(24)20-7-4-8-23/h10-11,13,21,23H,4-9H2,1-3H3,(H,20,24). The number of H-pyrrole nitrogens is 1. The smallest absolute Gasteiger partial charge is 0.255 e. The van der Waals surface area contributed by atoms with Gasteiger partial charge < -0.3 is 15.4 Å². The number of nitrogens with one attached hydrogen (secondary N) is 2. The maximum absolute atomic E-state index is 12.3.